The molecule has 0 unspecified atom stereocenters. The van der Waals surface area contributed by atoms with Crippen LogP contribution >= 0.6 is 11.6 Å². The summed E-state index contributed by atoms with van der Waals surface area (Å²) in [5, 5.41) is 25.2. The minimum absolute atomic E-state index is 0.0324. The molecule has 0 saturated heterocycles. The molecule has 44 heavy (non-hydrogen) atoms. The molecule has 5 rings (SSSR count). The summed E-state index contributed by atoms with van der Waals surface area (Å²) in [6.45, 7) is 3.42. The Balaban J connectivity index is 1.64. The van der Waals surface area contributed by atoms with E-state index in [2.05, 4.69) is 35.8 Å². The third-order valence-corrected chi connectivity index (χ3v) is 8.20. The number of nitrogens with one attached hydrogen (secondary N) is 2. The van der Waals surface area contributed by atoms with E-state index in [0.29, 0.717) is 11.3 Å². The van der Waals surface area contributed by atoms with Crippen LogP contribution in [0.15, 0.2) is 86.7 Å². The molecule has 17 heteroatoms. The van der Waals surface area contributed by atoms with Crippen molar-refractivity contribution in [2.45, 2.75) is 23.6 Å². The number of phenolic OH excluding ortho intramolecular Hbond substituents is 1. The van der Waals surface area contributed by atoms with Crippen LogP contribution in [0.3, 0.4) is 0 Å². The van der Waals surface area contributed by atoms with E-state index < -0.39 is 35.8 Å². The molecule has 0 fully saturated rings. The molecule has 0 radical (unpaired) electrons. The van der Waals surface area contributed by atoms with Crippen molar-refractivity contribution in [3.8, 4) is 5.75 Å². The van der Waals surface area contributed by atoms with Crippen molar-refractivity contribution in [1.29, 1.82) is 0 Å². The predicted octanol–water partition coefficient (Wildman–Crippen LogP) is 6.40. The fraction of sp³-hybridized carbons (Fsp3) is 0.0741. The Morgan fingerprint density at radius 3 is 2.05 bits per heavy atom. The van der Waals surface area contributed by atoms with Gasteiger partial charge < -0.3 is 15.7 Å². The monoisotopic (exact) mass is 655 g/mol. The lowest BCUT2D eigenvalue weighted by Gasteiger charge is -2.15. The number of aromatic nitrogens is 3. The van der Waals surface area contributed by atoms with Gasteiger partial charge in [0.1, 0.15) is 16.3 Å². The number of hydrogen-bond acceptors (Lipinski definition) is 12. The van der Waals surface area contributed by atoms with E-state index in [4.69, 9.17) is 11.6 Å². The minimum Gasteiger partial charge on any atom is -0.505 e. The van der Waals surface area contributed by atoms with Crippen LogP contribution in [0, 0.1) is 13.8 Å². The number of benzene rings is 4. The molecule has 0 saturated carbocycles. The van der Waals surface area contributed by atoms with E-state index in [-0.39, 0.29) is 45.0 Å². The third kappa shape index (κ3) is 6.58. The Morgan fingerprint density at radius 2 is 1.39 bits per heavy atom. The molecule has 4 aromatic carbocycles. The lowest BCUT2D eigenvalue weighted by molar-refractivity contribution is 0.480. The second-order valence-corrected chi connectivity index (χ2v) is 12.5. The van der Waals surface area contributed by atoms with Crippen molar-refractivity contribution in [2.75, 3.05) is 10.6 Å². The van der Waals surface area contributed by atoms with Gasteiger partial charge in [-0.2, -0.15) is 31.8 Å². The Bertz CT molecular complexity index is 2200. The van der Waals surface area contributed by atoms with E-state index in [1.165, 1.54) is 24.3 Å². The van der Waals surface area contributed by atoms with Gasteiger partial charge in [-0.1, -0.05) is 30.3 Å². The third-order valence-electron chi connectivity index (χ3n) is 6.29. The molecule has 226 valence electrons. The second kappa shape index (κ2) is 11.7. The predicted molar refractivity (Wildman–Crippen MR) is 163 cm³/mol. The maximum Gasteiger partial charge on any atom is 0.296 e. The largest absolute Gasteiger partial charge is 0.505 e. The van der Waals surface area contributed by atoms with Crippen LogP contribution in [0.4, 0.5) is 34.6 Å². The number of rotatable bonds is 8. The van der Waals surface area contributed by atoms with Crippen molar-refractivity contribution >= 4 is 77.3 Å². The lowest BCUT2D eigenvalue weighted by atomic mass is 10.0. The maximum absolute atomic E-state index is 12.1. The first-order chi connectivity index (χ1) is 20.7. The first kappa shape index (κ1) is 30.7. The minimum atomic E-state index is -4.71. The number of hydrogen-bond donors (Lipinski definition) is 5. The Hall–Kier alpha value is -4.74. The molecule has 0 aliphatic heterocycles. The molecular weight excluding hydrogens is 634 g/mol. The Morgan fingerprint density at radius 1 is 0.750 bits per heavy atom. The van der Waals surface area contributed by atoms with Crippen LogP contribution in [0.5, 0.6) is 5.75 Å². The van der Waals surface area contributed by atoms with Gasteiger partial charge in [-0.05, 0) is 78.4 Å². The van der Waals surface area contributed by atoms with Crippen LogP contribution in [-0.2, 0) is 20.2 Å². The summed E-state index contributed by atoms with van der Waals surface area (Å²) in [6, 6.07) is 16.3. The van der Waals surface area contributed by atoms with Crippen molar-refractivity contribution in [1.82, 2.24) is 15.0 Å². The van der Waals surface area contributed by atoms with E-state index >= 15 is 0 Å². The van der Waals surface area contributed by atoms with Crippen LogP contribution in [0.1, 0.15) is 11.1 Å². The van der Waals surface area contributed by atoms with Gasteiger partial charge in [-0.25, -0.2) is 0 Å². The topological polar surface area (TPSA) is 216 Å². The summed E-state index contributed by atoms with van der Waals surface area (Å²) in [6.07, 6.45) is 0. The van der Waals surface area contributed by atoms with E-state index in [1.54, 1.807) is 13.0 Å². The average Bonchev–Trinajstić information content (AvgIpc) is 2.92. The standard InChI is InChI=1S/C27H22ClN7O7S2/c1-14-7-3-4-8-18(14)29-26-31-25(28)32-27(33-26)30-20-13-17(43(37,38)39)12-16-11-15(2)23(24(36)22(16)20)35-34-19-9-5-6-10-21(19)44(40,41)42/h3-13,36H,1-2H3,(H,37,38,39)(H,40,41,42)(H2,29,30,31,32,33). The van der Waals surface area contributed by atoms with E-state index in [0.717, 1.165) is 23.8 Å². The van der Waals surface area contributed by atoms with Gasteiger partial charge in [-0.15, -0.1) is 10.2 Å². The highest BCUT2D eigenvalue weighted by Gasteiger charge is 2.21. The fourth-order valence-electron chi connectivity index (χ4n) is 4.27. The van der Waals surface area contributed by atoms with E-state index in [1.807, 2.05) is 25.1 Å². The summed E-state index contributed by atoms with van der Waals surface area (Å²) < 4.78 is 67.1. The molecule has 0 bridgehead atoms. The molecular formula is C27H22ClN7O7S2. The molecule has 0 aliphatic carbocycles. The quantitative estimate of drug-likeness (QED) is 0.0906. The molecule has 14 nitrogen and oxygen atoms in total. The molecule has 1 aromatic heterocycles. The molecule has 0 spiro atoms. The number of para-hydroxylation sites is 1. The van der Waals surface area contributed by atoms with Gasteiger partial charge in [-0.3, -0.25) is 9.11 Å². The van der Waals surface area contributed by atoms with Crippen molar-refractivity contribution < 1.29 is 31.0 Å². The summed E-state index contributed by atoms with van der Waals surface area (Å²) in [7, 11) is -9.33. The van der Waals surface area contributed by atoms with Gasteiger partial charge in [0, 0.05) is 11.1 Å². The Kier molecular flexibility index (Phi) is 8.19. The van der Waals surface area contributed by atoms with Crippen LogP contribution in [-0.4, -0.2) is 46.0 Å². The van der Waals surface area contributed by atoms with Gasteiger partial charge >= 0.3 is 0 Å². The van der Waals surface area contributed by atoms with Gasteiger partial charge in [0.15, 0.2) is 5.75 Å². The number of halogens is 1. The SMILES string of the molecule is Cc1ccccc1Nc1nc(Cl)nc(Nc2cc(S(=O)(=O)O)cc3cc(C)c(N=Nc4ccccc4S(=O)(=O)O)c(O)c23)n1. The van der Waals surface area contributed by atoms with Crippen LogP contribution in [0.2, 0.25) is 5.28 Å². The fourth-order valence-corrected chi connectivity index (χ4v) is 5.60. The summed E-state index contributed by atoms with van der Waals surface area (Å²) >= 11 is 6.15. The number of nitrogens with zero attached hydrogens (tertiary/aromatic N) is 5. The smallest absolute Gasteiger partial charge is 0.296 e. The molecule has 0 atom stereocenters. The van der Waals surface area contributed by atoms with Crippen molar-refractivity contribution in [3.63, 3.8) is 0 Å². The lowest BCUT2D eigenvalue weighted by Crippen LogP contribution is -2.06. The van der Waals surface area contributed by atoms with Crippen LogP contribution in [0.25, 0.3) is 10.8 Å². The van der Waals surface area contributed by atoms with Gasteiger partial charge in [0.25, 0.3) is 20.2 Å². The number of azo groups is 1. The second-order valence-electron chi connectivity index (χ2n) is 9.39. The molecule has 0 aliphatic rings. The normalized spacial score (nSPS) is 12.1. The van der Waals surface area contributed by atoms with E-state index in [9.17, 15) is 31.0 Å². The van der Waals surface area contributed by atoms with Gasteiger partial charge in [0.05, 0.1) is 10.6 Å². The molecule has 5 N–H and O–H groups in total. The number of fused-ring (bicyclic) bond motifs is 1. The van der Waals surface area contributed by atoms with Gasteiger partial charge in [0.2, 0.25) is 17.2 Å². The first-order valence-electron chi connectivity index (χ1n) is 12.5. The number of phenols is 1. The summed E-state index contributed by atoms with van der Waals surface area (Å²) in [4.78, 5) is 11.4. The highest BCUT2D eigenvalue weighted by molar-refractivity contribution is 7.86. The zero-order valence-electron chi connectivity index (χ0n) is 22.8. The van der Waals surface area contributed by atoms with Crippen molar-refractivity contribution in [3.05, 3.63) is 83.1 Å². The number of anilines is 4. The first-order valence-corrected chi connectivity index (χ1v) is 15.7. The number of aromatic hydroxyl groups is 1. The number of aryl methyl sites for hydroxylation is 2. The zero-order chi connectivity index (χ0) is 31.8. The van der Waals surface area contributed by atoms with Crippen molar-refractivity contribution in [2.24, 2.45) is 10.2 Å². The molecule has 1 heterocycles. The highest BCUT2D eigenvalue weighted by atomic mass is 35.5. The summed E-state index contributed by atoms with van der Waals surface area (Å²) in [5.41, 5.74) is 1.55. The highest BCUT2D eigenvalue weighted by Crippen LogP contribution is 2.44. The average molecular weight is 656 g/mol. The summed E-state index contributed by atoms with van der Waals surface area (Å²) in [5.74, 6) is -0.555. The zero-order valence-corrected chi connectivity index (χ0v) is 25.1. The Labute approximate surface area is 256 Å². The molecule has 0 amide bonds. The van der Waals surface area contributed by atoms with Crippen LogP contribution < -0.4 is 10.6 Å². The maximum atomic E-state index is 12.1. The molecule has 5 aromatic rings.